The highest BCUT2D eigenvalue weighted by atomic mass is 32.1. The van der Waals surface area contributed by atoms with Crippen molar-refractivity contribution in [3.05, 3.63) is 205 Å². The molecule has 0 bridgehead atoms. The molecular weight excluding hydrogens is 737 g/mol. The Morgan fingerprint density at radius 1 is 0.542 bits per heavy atom. The summed E-state index contributed by atoms with van der Waals surface area (Å²) in [4.78, 5) is 10.7. The predicted octanol–water partition coefficient (Wildman–Crippen LogP) is 15.8. The second-order valence-corrected chi connectivity index (χ2v) is 16.2. The molecular formula is C55H42N2OS. The number of aliphatic imine (C=N–C) groups is 2. The van der Waals surface area contributed by atoms with E-state index in [1.54, 1.807) is 0 Å². The van der Waals surface area contributed by atoms with Gasteiger partial charge in [-0.2, -0.15) is 0 Å². The van der Waals surface area contributed by atoms with Crippen LogP contribution in [-0.4, -0.2) is 11.5 Å². The predicted molar refractivity (Wildman–Crippen MR) is 252 cm³/mol. The second kappa shape index (κ2) is 15.8. The molecule has 0 N–H and O–H groups in total. The number of benzene rings is 8. The molecule has 0 spiro atoms. The Hall–Kier alpha value is -6.88. The van der Waals surface area contributed by atoms with Gasteiger partial charge < -0.3 is 4.42 Å². The van der Waals surface area contributed by atoms with Crippen LogP contribution in [0.15, 0.2) is 202 Å². The SMILES string of the molecule is CCCC(N=C(N=C(C)c1cccc2c1oc1c(-c3ccc4sc5cccc(-c6ccccc6)c5c4c3)cccc12)c1ccccc1)c1ccc(-c2ccccc2)cc1. The number of thiophene rings is 1. The number of rotatable bonds is 9. The average Bonchev–Trinajstić information content (AvgIpc) is 3.88. The van der Waals surface area contributed by atoms with Gasteiger partial charge >= 0.3 is 0 Å². The van der Waals surface area contributed by atoms with Crippen molar-refractivity contribution in [3.63, 3.8) is 0 Å². The maximum atomic E-state index is 6.97. The molecule has 0 amide bonds. The van der Waals surface area contributed by atoms with Gasteiger partial charge in [0.15, 0.2) is 5.84 Å². The summed E-state index contributed by atoms with van der Waals surface area (Å²) in [6.07, 6.45) is 1.92. The Balaban J connectivity index is 1.07. The summed E-state index contributed by atoms with van der Waals surface area (Å²) in [5.74, 6) is 0.716. The molecule has 8 aromatic carbocycles. The third kappa shape index (κ3) is 6.96. The first-order valence-electron chi connectivity index (χ1n) is 20.4. The highest BCUT2D eigenvalue weighted by molar-refractivity contribution is 7.26. The summed E-state index contributed by atoms with van der Waals surface area (Å²) in [5.41, 5.74) is 12.8. The summed E-state index contributed by atoms with van der Waals surface area (Å²) >= 11 is 1.85. The van der Waals surface area contributed by atoms with E-state index in [0.29, 0.717) is 5.84 Å². The van der Waals surface area contributed by atoms with Gasteiger partial charge in [-0.25, -0.2) is 4.99 Å². The minimum atomic E-state index is -0.0393. The molecule has 0 aliphatic heterocycles. The lowest BCUT2D eigenvalue weighted by atomic mass is 9.97. The monoisotopic (exact) mass is 778 g/mol. The lowest BCUT2D eigenvalue weighted by Gasteiger charge is -2.15. The number of amidine groups is 1. The number of para-hydroxylation sites is 2. The van der Waals surface area contributed by atoms with E-state index in [-0.39, 0.29) is 6.04 Å². The van der Waals surface area contributed by atoms with Gasteiger partial charge in [0.25, 0.3) is 0 Å². The molecule has 2 aromatic heterocycles. The van der Waals surface area contributed by atoms with Crippen molar-refractivity contribution in [2.75, 3.05) is 0 Å². The summed E-state index contributed by atoms with van der Waals surface area (Å²) in [7, 11) is 0. The smallest absolute Gasteiger partial charge is 0.155 e. The fourth-order valence-corrected chi connectivity index (χ4v) is 9.53. The lowest BCUT2D eigenvalue weighted by Crippen LogP contribution is -2.07. The number of nitrogens with zero attached hydrogens (tertiary/aromatic N) is 2. The van der Waals surface area contributed by atoms with Crippen LogP contribution < -0.4 is 0 Å². The molecule has 10 aromatic rings. The number of hydrogen-bond acceptors (Lipinski definition) is 3. The van der Waals surface area contributed by atoms with E-state index in [1.165, 1.54) is 48.0 Å². The number of fused-ring (bicyclic) bond motifs is 6. The van der Waals surface area contributed by atoms with E-state index in [2.05, 4.69) is 196 Å². The van der Waals surface area contributed by atoms with E-state index >= 15 is 0 Å². The highest BCUT2D eigenvalue weighted by Gasteiger charge is 2.19. The van der Waals surface area contributed by atoms with Gasteiger partial charge in [-0.15, -0.1) is 11.3 Å². The standard InChI is InChI=1S/C55H42N2OS/c1-3-16-49(40-31-29-38(30-32-40)37-17-7-4-8-18-37)57-55(41-21-11-6-12-22-41)56-36(2)43-23-13-26-46-47-27-14-25-45(54(47)58-53(43)46)42-33-34-50-48(35-42)52-44(24-15-28-51(52)59-50)39-19-9-5-10-20-39/h4-15,17-35,49H,3,16H2,1-2H3. The van der Waals surface area contributed by atoms with Crippen LogP contribution in [0.2, 0.25) is 0 Å². The molecule has 0 saturated carbocycles. The molecule has 0 saturated heterocycles. The van der Waals surface area contributed by atoms with E-state index in [9.17, 15) is 0 Å². The maximum Gasteiger partial charge on any atom is 0.155 e. The van der Waals surface area contributed by atoms with Gasteiger partial charge in [-0.1, -0.05) is 177 Å². The van der Waals surface area contributed by atoms with Gasteiger partial charge in [-0.05, 0) is 71.0 Å². The molecule has 284 valence electrons. The fourth-order valence-electron chi connectivity index (χ4n) is 8.41. The Bertz CT molecular complexity index is 3160. The third-order valence-corrected chi connectivity index (χ3v) is 12.5. The van der Waals surface area contributed by atoms with E-state index in [4.69, 9.17) is 14.4 Å². The first-order chi connectivity index (χ1) is 29.1. The Kier molecular flexibility index (Phi) is 9.77. The Morgan fingerprint density at radius 3 is 1.92 bits per heavy atom. The Labute approximate surface area is 348 Å². The van der Waals surface area contributed by atoms with Crippen molar-refractivity contribution < 1.29 is 4.42 Å². The zero-order valence-corrected chi connectivity index (χ0v) is 33.9. The first kappa shape index (κ1) is 36.5. The van der Waals surface area contributed by atoms with Gasteiger partial charge in [-0.3, -0.25) is 4.99 Å². The van der Waals surface area contributed by atoms with Crippen molar-refractivity contribution in [1.29, 1.82) is 0 Å². The van der Waals surface area contributed by atoms with Crippen LogP contribution in [0.1, 0.15) is 49.4 Å². The molecule has 59 heavy (non-hydrogen) atoms. The van der Waals surface area contributed by atoms with Crippen molar-refractivity contribution in [1.82, 2.24) is 0 Å². The van der Waals surface area contributed by atoms with Crippen LogP contribution in [0.25, 0.3) is 75.5 Å². The second-order valence-electron chi connectivity index (χ2n) is 15.1. The van der Waals surface area contributed by atoms with Crippen LogP contribution in [0.5, 0.6) is 0 Å². The Morgan fingerprint density at radius 2 is 1.17 bits per heavy atom. The molecule has 2 heterocycles. The molecule has 0 aliphatic rings. The lowest BCUT2D eigenvalue weighted by molar-refractivity contribution is 0.640. The van der Waals surface area contributed by atoms with Crippen molar-refractivity contribution in [3.8, 4) is 33.4 Å². The molecule has 0 aliphatic carbocycles. The molecule has 1 atom stereocenters. The van der Waals surface area contributed by atoms with Gasteiger partial charge in [0.1, 0.15) is 11.2 Å². The summed E-state index contributed by atoms with van der Waals surface area (Å²) in [5, 5.41) is 4.72. The average molecular weight is 779 g/mol. The van der Waals surface area contributed by atoms with Crippen LogP contribution in [0.3, 0.4) is 0 Å². The van der Waals surface area contributed by atoms with Crippen LogP contribution in [0.4, 0.5) is 0 Å². The van der Waals surface area contributed by atoms with Crippen molar-refractivity contribution in [2.24, 2.45) is 9.98 Å². The number of hydrogen-bond donors (Lipinski definition) is 0. The summed E-state index contributed by atoms with van der Waals surface area (Å²) < 4.78 is 9.54. The summed E-state index contributed by atoms with van der Waals surface area (Å²) in [6.45, 7) is 4.29. The van der Waals surface area contributed by atoms with E-state index < -0.39 is 0 Å². The van der Waals surface area contributed by atoms with Crippen LogP contribution in [0, 0.1) is 0 Å². The van der Waals surface area contributed by atoms with E-state index in [0.717, 1.165) is 62.7 Å². The van der Waals surface area contributed by atoms with Crippen molar-refractivity contribution >= 4 is 65.0 Å². The fraction of sp³-hybridized carbons (Fsp3) is 0.0909. The molecule has 10 rings (SSSR count). The summed E-state index contributed by atoms with van der Waals surface area (Å²) in [6, 6.07) is 66.8. The number of furan rings is 1. The first-order valence-corrected chi connectivity index (χ1v) is 21.2. The minimum absolute atomic E-state index is 0.0393. The van der Waals surface area contributed by atoms with Gasteiger partial charge in [0.2, 0.25) is 0 Å². The zero-order chi connectivity index (χ0) is 39.7. The van der Waals surface area contributed by atoms with E-state index in [1.807, 2.05) is 17.4 Å². The van der Waals surface area contributed by atoms with Crippen LogP contribution in [-0.2, 0) is 0 Å². The zero-order valence-electron chi connectivity index (χ0n) is 33.1. The normalized spacial score (nSPS) is 12.8. The van der Waals surface area contributed by atoms with Gasteiger partial charge in [0, 0.05) is 47.6 Å². The molecule has 4 heteroatoms. The van der Waals surface area contributed by atoms with Crippen LogP contribution >= 0.6 is 11.3 Å². The maximum absolute atomic E-state index is 6.97. The minimum Gasteiger partial charge on any atom is -0.455 e. The molecule has 0 fully saturated rings. The largest absolute Gasteiger partial charge is 0.455 e. The molecule has 1 unspecified atom stereocenters. The highest BCUT2D eigenvalue weighted by Crippen LogP contribution is 2.43. The molecule has 3 nitrogen and oxygen atoms in total. The topological polar surface area (TPSA) is 37.9 Å². The third-order valence-electron chi connectivity index (χ3n) is 11.4. The van der Waals surface area contributed by atoms with Crippen molar-refractivity contribution in [2.45, 2.75) is 32.7 Å². The van der Waals surface area contributed by atoms with Gasteiger partial charge in [0.05, 0.1) is 11.8 Å². The quantitative estimate of drug-likeness (QED) is 0.106. The molecule has 0 radical (unpaired) electrons.